The Kier molecular flexibility index (Phi) is 5.35. The van der Waals surface area contributed by atoms with Crippen molar-refractivity contribution in [3.63, 3.8) is 0 Å². The minimum Gasteiger partial charge on any atom is -0.490 e. The number of alkyl halides is 2. The number of hydrogen-bond donors (Lipinski definition) is 0. The molecule has 25 heavy (non-hydrogen) atoms. The zero-order valence-electron chi connectivity index (χ0n) is 13.8. The number of rotatable bonds is 5. The van der Waals surface area contributed by atoms with Crippen LogP contribution in [0.15, 0.2) is 23.8 Å². The van der Waals surface area contributed by atoms with Gasteiger partial charge < -0.3 is 9.47 Å². The second-order valence-electron chi connectivity index (χ2n) is 5.09. The van der Waals surface area contributed by atoms with Crippen molar-refractivity contribution in [1.82, 2.24) is 9.80 Å². The molecular formula is C16H16F2N2O5. The SMILES string of the molecule is CCOc1cc(C=C2C(=O)N(C)C(=O)N(C)C2=O)ccc1OC(F)F. The number of likely N-dealkylation sites (N-methyl/N-ethyl adjacent to an activating group) is 2. The average molecular weight is 354 g/mol. The first kappa shape index (κ1) is 18.4. The van der Waals surface area contributed by atoms with Gasteiger partial charge in [-0.15, -0.1) is 0 Å². The first-order valence-corrected chi connectivity index (χ1v) is 7.29. The van der Waals surface area contributed by atoms with Gasteiger partial charge in [0.05, 0.1) is 6.61 Å². The highest BCUT2D eigenvalue weighted by molar-refractivity contribution is 6.30. The summed E-state index contributed by atoms with van der Waals surface area (Å²) in [5, 5.41) is 0. The van der Waals surface area contributed by atoms with Crippen molar-refractivity contribution in [2.75, 3.05) is 20.7 Å². The van der Waals surface area contributed by atoms with Crippen molar-refractivity contribution in [2.24, 2.45) is 0 Å². The molecule has 0 N–H and O–H groups in total. The largest absolute Gasteiger partial charge is 0.490 e. The lowest BCUT2D eigenvalue weighted by Gasteiger charge is -2.28. The number of halogens is 2. The number of barbiturate groups is 1. The lowest BCUT2D eigenvalue weighted by atomic mass is 10.1. The molecule has 1 heterocycles. The van der Waals surface area contributed by atoms with Gasteiger partial charge in [-0.2, -0.15) is 8.78 Å². The maximum Gasteiger partial charge on any atom is 0.387 e. The van der Waals surface area contributed by atoms with Gasteiger partial charge in [-0.1, -0.05) is 6.07 Å². The van der Waals surface area contributed by atoms with Crippen molar-refractivity contribution >= 4 is 23.9 Å². The van der Waals surface area contributed by atoms with Crippen molar-refractivity contribution in [3.05, 3.63) is 29.3 Å². The van der Waals surface area contributed by atoms with Crippen LogP contribution >= 0.6 is 0 Å². The summed E-state index contributed by atoms with van der Waals surface area (Å²) in [6, 6.07) is 3.28. The third-order valence-corrected chi connectivity index (χ3v) is 3.44. The van der Waals surface area contributed by atoms with Gasteiger partial charge in [-0.05, 0) is 30.7 Å². The molecule has 0 aromatic heterocycles. The third kappa shape index (κ3) is 3.76. The molecule has 134 valence electrons. The molecule has 1 aromatic rings. The van der Waals surface area contributed by atoms with Crippen LogP contribution in [0.2, 0.25) is 0 Å². The molecule has 0 aliphatic carbocycles. The standard InChI is InChI=1S/C16H16F2N2O5/c1-4-24-12-8-9(5-6-11(12)25-15(17)18)7-10-13(21)19(2)16(23)20(3)14(10)22/h5-8,15H,4H2,1-3H3. The Morgan fingerprint density at radius 2 is 1.68 bits per heavy atom. The summed E-state index contributed by atoms with van der Waals surface area (Å²) in [6.07, 6.45) is 1.26. The predicted octanol–water partition coefficient (Wildman–Crippen LogP) is 2.12. The average Bonchev–Trinajstić information content (AvgIpc) is 2.57. The fourth-order valence-electron chi connectivity index (χ4n) is 2.22. The molecule has 1 aromatic carbocycles. The Balaban J connectivity index is 2.42. The summed E-state index contributed by atoms with van der Waals surface area (Å²) >= 11 is 0. The number of amides is 4. The summed E-state index contributed by atoms with van der Waals surface area (Å²) in [7, 11) is 2.51. The van der Waals surface area contributed by atoms with E-state index in [2.05, 4.69) is 4.74 Å². The summed E-state index contributed by atoms with van der Waals surface area (Å²) in [4.78, 5) is 37.6. The Morgan fingerprint density at radius 3 is 2.20 bits per heavy atom. The van der Waals surface area contributed by atoms with Crippen LogP contribution in [-0.2, 0) is 9.59 Å². The van der Waals surface area contributed by atoms with Crippen molar-refractivity contribution in [2.45, 2.75) is 13.5 Å². The highest BCUT2D eigenvalue weighted by Gasteiger charge is 2.37. The lowest BCUT2D eigenvalue weighted by molar-refractivity contribution is -0.134. The maximum absolute atomic E-state index is 12.4. The number of imide groups is 2. The summed E-state index contributed by atoms with van der Waals surface area (Å²) < 4.78 is 34.4. The molecule has 1 saturated heterocycles. The quantitative estimate of drug-likeness (QED) is 0.598. The van der Waals surface area contributed by atoms with Crippen LogP contribution in [0.3, 0.4) is 0 Å². The number of benzene rings is 1. The molecule has 1 aliphatic heterocycles. The summed E-state index contributed by atoms with van der Waals surface area (Å²) in [6.45, 7) is -1.14. The molecule has 0 unspecified atom stereocenters. The maximum atomic E-state index is 12.4. The van der Waals surface area contributed by atoms with Crippen LogP contribution in [0.25, 0.3) is 6.08 Å². The van der Waals surface area contributed by atoms with Gasteiger partial charge in [0.15, 0.2) is 11.5 Å². The zero-order valence-corrected chi connectivity index (χ0v) is 13.8. The Bertz CT molecular complexity index is 722. The number of hydrogen-bond acceptors (Lipinski definition) is 5. The number of urea groups is 1. The fourth-order valence-corrected chi connectivity index (χ4v) is 2.22. The second kappa shape index (κ2) is 7.29. The zero-order chi connectivity index (χ0) is 18.7. The first-order valence-electron chi connectivity index (χ1n) is 7.29. The van der Waals surface area contributed by atoms with Gasteiger partial charge in [0.1, 0.15) is 5.57 Å². The summed E-state index contributed by atoms with van der Waals surface area (Å²) in [5.74, 6) is -1.62. The highest BCUT2D eigenvalue weighted by Crippen LogP contribution is 2.31. The van der Waals surface area contributed by atoms with E-state index in [9.17, 15) is 23.2 Å². The second-order valence-corrected chi connectivity index (χ2v) is 5.09. The normalized spacial score (nSPS) is 15.1. The Hall–Kier alpha value is -2.97. The van der Waals surface area contributed by atoms with Crippen LogP contribution in [-0.4, -0.2) is 55.0 Å². The van der Waals surface area contributed by atoms with E-state index in [4.69, 9.17) is 4.74 Å². The smallest absolute Gasteiger partial charge is 0.387 e. The van der Waals surface area contributed by atoms with E-state index in [1.165, 1.54) is 38.4 Å². The van der Waals surface area contributed by atoms with E-state index >= 15 is 0 Å². The Morgan fingerprint density at radius 1 is 1.08 bits per heavy atom. The van der Waals surface area contributed by atoms with Gasteiger partial charge in [0, 0.05) is 14.1 Å². The fraction of sp³-hybridized carbons (Fsp3) is 0.312. The first-order chi connectivity index (χ1) is 11.8. The minimum absolute atomic E-state index is 0.0469. The van der Waals surface area contributed by atoms with E-state index in [1.54, 1.807) is 6.92 Å². The highest BCUT2D eigenvalue weighted by atomic mass is 19.3. The van der Waals surface area contributed by atoms with Crippen LogP contribution in [0.1, 0.15) is 12.5 Å². The number of carbonyl (C=O) groups excluding carboxylic acids is 3. The van der Waals surface area contributed by atoms with Crippen LogP contribution < -0.4 is 9.47 Å². The van der Waals surface area contributed by atoms with E-state index in [1.807, 2.05) is 0 Å². The molecule has 0 atom stereocenters. The number of nitrogens with zero attached hydrogens (tertiary/aromatic N) is 2. The monoisotopic (exact) mass is 354 g/mol. The molecule has 2 rings (SSSR count). The minimum atomic E-state index is -3.02. The Labute approximate surface area is 142 Å². The molecule has 9 heteroatoms. The predicted molar refractivity (Wildman–Crippen MR) is 83.2 cm³/mol. The van der Waals surface area contributed by atoms with Crippen LogP contribution in [0.5, 0.6) is 11.5 Å². The number of carbonyl (C=O) groups is 3. The van der Waals surface area contributed by atoms with Crippen molar-refractivity contribution < 1.29 is 32.6 Å². The van der Waals surface area contributed by atoms with Gasteiger partial charge in [-0.25, -0.2) is 4.79 Å². The van der Waals surface area contributed by atoms with Crippen molar-refractivity contribution in [1.29, 1.82) is 0 Å². The molecule has 0 radical (unpaired) electrons. The van der Waals surface area contributed by atoms with Crippen LogP contribution in [0, 0.1) is 0 Å². The van der Waals surface area contributed by atoms with Gasteiger partial charge in [-0.3, -0.25) is 19.4 Å². The van der Waals surface area contributed by atoms with E-state index in [-0.39, 0.29) is 23.7 Å². The molecule has 0 spiro atoms. The summed E-state index contributed by atoms with van der Waals surface area (Å²) in [5.41, 5.74) is 0.132. The number of ether oxygens (including phenoxy) is 2. The molecule has 4 amide bonds. The topological polar surface area (TPSA) is 76.2 Å². The molecule has 0 bridgehead atoms. The van der Waals surface area contributed by atoms with E-state index in [0.717, 1.165) is 9.80 Å². The van der Waals surface area contributed by atoms with E-state index < -0.39 is 24.5 Å². The molecular weight excluding hydrogens is 338 g/mol. The molecule has 1 aliphatic rings. The molecule has 1 fully saturated rings. The van der Waals surface area contributed by atoms with Crippen molar-refractivity contribution in [3.8, 4) is 11.5 Å². The van der Waals surface area contributed by atoms with Gasteiger partial charge in [0.2, 0.25) is 0 Å². The third-order valence-electron chi connectivity index (χ3n) is 3.44. The van der Waals surface area contributed by atoms with E-state index in [0.29, 0.717) is 5.56 Å². The van der Waals surface area contributed by atoms with Gasteiger partial charge in [0.25, 0.3) is 11.8 Å². The lowest BCUT2D eigenvalue weighted by Crippen LogP contribution is -2.52. The van der Waals surface area contributed by atoms with Gasteiger partial charge >= 0.3 is 12.6 Å². The van der Waals surface area contributed by atoms with Crippen LogP contribution in [0.4, 0.5) is 13.6 Å². The molecule has 0 saturated carbocycles. The molecule has 7 nitrogen and oxygen atoms in total.